The summed E-state index contributed by atoms with van der Waals surface area (Å²) in [5.41, 5.74) is 2.07. The molecule has 0 aliphatic carbocycles. The molecule has 0 saturated carbocycles. The average Bonchev–Trinajstić information content (AvgIpc) is 2.60. The topological polar surface area (TPSA) is 70.2 Å². The minimum absolute atomic E-state index is 0.00635. The molecule has 0 radical (unpaired) electrons. The molecule has 1 aliphatic heterocycles. The van der Waals surface area contributed by atoms with Crippen LogP contribution < -0.4 is 16.0 Å². The number of rotatable bonds is 6. The Morgan fingerprint density at radius 3 is 2.27 bits per heavy atom. The van der Waals surface area contributed by atoms with Gasteiger partial charge in [-0.3, -0.25) is 9.59 Å². The Morgan fingerprint density at radius 2 is 1.69 bits per heavy atom. The molecule has 5 nitrogen and oxygen atoms in total. The van der Waals surface area contributed by atoms with E-state index in [-0.39, 0.29) is 22.6 Å². The molecule has 1 aromatic rings. The van der Waals surface area contributed by atoms with Crippen molar-refractivity contribution >= 4 is 11.8 Å². The zero-order chi connectivity index (χ0) is 19.2. The first-order chi connectivity index (χ1) is 12.2. The van der Waals surface area contributed by atoms with Gasteiger partial charge in [-0.25, -0.2) is 0 Å². The van der Waals surface area contributed by atoms with Crippen LogP contribution in [0.5, 0.6) is 0 Å². The molecular weight excluding hydrogens is 326 g/mol. The summed E-state index contributed by atoms with van der Waals surface area (Å²) in [6, 6.07) is 7.66. The van der Waals surface area contributed by atoms with Gasteiger partial charge in [-0.2, -0.15) is 0 Å². The van der Waals surface area contributed by atoms with Gasteiger partial charge in [0, 0.05) is 25.1 Å². The fourth-order valence-electron chi connectivity index (χ4n) is 3.12. The zero-order valence-corrected chi connectivity index (χ0v) is 16.6. The Labute approximate surface area is 157 Å². The van der Waals surface area contributed by atoms with Crippen molar-refractivity contribution in [3.8, 4) is 0 Å². The highest BCUT2D eigenvalue weighted by Crippen LogP contribution is 2.26. The van der Waals surface area contributed by atoms with E-state index in [4.69, 9.17) is 0 Å². The summed E-state index contributed by atoms with van der Waals surface area (Å²) in [6.45, 7) is 11.7. The lowest BCUT2D eigenvalue weighted by Crippen LogP contribution is -2.43. The summed E-state index contributed by atoms with van der Waals surface area (Å²) in [7, 11) is 0. The first kappa shape index (κ1) is 20.4. The van der Waals surface area contributed by atoms with Crippen LogP contribution in [0.15, 0.2) is 24.3 Å². The van der Waals surface area contributed by atoms with Gasteiger partial charge in [-0.1, -0.05) is 39.8 Å². The fourth-order valence-corrected chi connectivity index (χ4v) is 3.12. The normalized spacial score (nSPS) is 16.8. The summed E-state index contributed by atoms with van der Waals surface area (Å²) in [5.74, 6) is -0.142. The smallest absolute Gasteiger partial charge is 0.251 e. The zero-order valence-electron chi connectivity index (χ0n) is 16.6. The quantitative estimate of drug-likeness (QED) is 0.731. The van der Waals surface area contributed by atoms with Crippen molar-refractivity contribution in [1.82, 2.24) is 16.0 Å². The third-order valence-corrected chi connectivity index (χ3v) is 5.17. The number of carbonyl (C=O) groups is 2. The number of hydrogen-bond donors (Lipinski definition) is 3. The van der Waals surface area contributed by atoms with Gasteiger partial charge in [0.15, 0.2) is 0 Å². The Hall–Kier alpha value is -1.88. The molecule has 0 bridgehead atoms. The molecular formula is C21H33N3O2. The highest BCUT2D eigenvalue weighted by atomic mass is 16.2. The minimum atomic E-state index is -0.136. The standard InChI is InChI=1S/C21H33N3O2/c1-20(2,3)17-7-5-16(6-8-17)19(26)23-12-9-18(25)24-15-21(4)10-13-22-14-11-21/h5-8,22H,9-15H2,1-4H3,(H,23,26)(H,24,25). The maximum atomic E-state index is 12.2. The molecule has 1 aromatic carbocycles. The molecule has 3 N–H and O–H groups in total. The molecule has 1 fully saturated rings. The number of benzene rings is 1. The van der Waals surface area contributed by atoms with E-state index >= 15 is 0 Å². The van der Waals surface area contributed by atoms with Crippen LogP contribution in [0.4, 0.5) is 0 Å². The first-order valence-electron chi connectivity index (χ1n) is 9.56. The molecule has 0 aromatic heterocycles. The fraction of sp³-hybridized carbons (Fsp3) is 0.619. The van der Waals surface area contributed by atoms with Gasteiger partial charge in [0.25, 0.3) is 5.91 Å². The average molecular weight is 360 g/mol. The Bertz CT molecular complexity index is 611. The van der Waals surface area contributed by atoms with Gasteiger partial charge in [0.1, 0.15) is 0 Å². The van der Waals surface area contributed by atoms with Crippen LogP contribution in [0, 0.1) is 5.41 Å². The van der Waals surface area contributed by atoms with Gasteiger partial charge in [-0.05, 0) is 54.5 Å². The van der Waals surface area contributed by atoms with Gasteiger partial charge in [-0.15, -0.1) is 0 Å². The lowest BCUT2D eigenvalue weighted by molar-refractivity contribution is -0.121. The maximum absolute atomic E-state index is 12.2. The third-order valence-electron chi connectivity index (χ3n) is 5.17. The summed E-state index contributed by atoms with van der Waals surface area (Å²) >= 11 is 0. The first-order valence-corrected chi connectivity index (χ1v) is 9.56. The van der Waals surface area contributed by atoms with Crippen molar-refractivity contribution in [2.75, 3.05) is 26.2 Å². The molecule has 1 aliphatic rings. The largest absolute Gasteiger partial charge is 0.355 e. The van der Waals surface area contributed by atoms with E-state index in [1.54, 1.807) is 0 Å². The van der Waals surface area contributed by atoms with Crippen LogP contribution in [0.1, 0.15) is 62.9 Å². The van der Waals surface area contributed by atoms with Crippen LogP contribution >= 0.6 is 0 Å². The second kappa shape index (κ2) is 8.67. The number of amides is 2. The molecule has 1 saturated heterocycles. The maximum Gasteiger partial charge on any atom is 0.251 e. The number of hydrogen-bond acceptors (Lipinski definition) is 3. The molecule has 5 heteroatoms. The van der Waals surface area contributed by atoms with E-state index in [0.29, 0.717) is 25.1 Å². The van der Waals surface area contributed by atoms with Crippen LogP contribution in [0.2, 0.25) is 0 Å². The van der Waals surface area contributed by atoms with Crippen molar-refractivity contribution in [2.24, 2.45) is 5.41 Å². The number of nitrogens with one attached hydrogen (secondary N) is 3. The van der Waals surface area contributed by atoms with Crippen molar-refractivity contribution < 1.29 is 9.59 Å². The Balaban J connectivity index is 1.71. The van der Waals surface area contributed by atoms with E-state index in [2.05, 4.69) is 43.6 Å². The number of carbonyl (C=O) groups excluding carboxylic acids is 2. The highest BCUT2D eigenvalue weighted by Gasteiger charge is 2.26. The van der Waals surface area contributed by atoms with Gasteiger partial charge in [0.05, 0.1) is 0 Å². The van der Waals surface area contributed by atoms with Crippen molar-refractivity contribution in [2.45, 2.75) is 52.4 Å². The predicted octanol–water partition coefficient (Wildman–Crippen LogP) is 2.61. The van der Waals surface area contributed by atoms with E-state index in [1.807, 2.05) is 24.3 Å². The molecule has 2 amide bonds. The highest BCUT2D eigenvalue weighted by molar-refractivity contribution is 5.94. The summed E-state index contributed by atoms with van der Waals surface area (Å²) in [5, 5.41) is 9.18. The summed E-state index contributed by atoms with van der Waals surface area (Å²) in [6.07, 6.45) is 2.46. The van der Waals surface area contributed by atoms with Crippen molar-refractivity contribution in [3.05, 3.63) is 35.4 Å². The summed E-state index contributed by atoms with van der Waals surface area (Å²) in [4.78, 5) is 24.2. The van der Waals surface area contributed by atoms with E-state index in [1.165, 1.54) is 5.56 Å². The predicted molar refractivity (Wildman–Crippen MR) is 105 cm³/mol. The molecule has 1 heterocycles. The molecule has 0 atom stereocenters. The minimum Gasteiger partial charge on any atom is -0.355 e. The SMILES string of the molecule is CC1(CNC(=O)CCNC(=O)c2ccc(C(C)(C)C)cc2)CCNCC1. The van der Waals surface area contributed by atoms with Crippen LogP contribution in [-0.4, -0.2) is 38.0 Å². The van der Waals surface area contributed by atoms with E-state index < -0.39 is 0 Å². The van der Waals surface area contributed by atoms with Crippen LogP contribution in [0.3, 0.4) is 0 Å². The van der Waals surface area contributed by atoms with Crippen molar-refractivity contribution in [1.29, 1.82) is 0 Å². The molecule has 0 spiro atoms. The van der Waals surface area contributed by atoms with Crippen LogP contribution in [-0.2, 0) is 10.2 Å². The van der Waals surface area contributed by atoms with Gasteiger partial charge >= 0.3 is 0 Å². The second-order valence-corrected chi connectivity index (χ2v) is 8.67. The molecule has 2 rings (SSSR count). The molecule has 144 valence electrons. The summed E-state index contributed by atoms with van der Waals surface area (Å²) < 4.78 is 0. The van der Waals surface area contributed by atoms with Gasteiger partial charge < -0.3 is 16.0 Å². The van der Waals surface area contributed by atoms with Crippen molar-refractivity contribution in [3.63, 3.8) is 0 Å². The third kappa shape index (κ3) is 6.13. The van der Waals surface area contributed by atoms with Gasteiger partial charge in [0.2, 0.25) is 5.91 Å². The molecule has 26 heavy (non-hydrogen) atoms. The Kier molecular flexibility index (Phi) is 6.81. The second-order valence-electron chi connectivity index (χ2n) is 8.67. The monoisotopic (exact) mass is 359 g/mol. The Morgan fingerprint density at radius 1 is 1.08 bits per heavy atom. The van der Waals surface area contributed by atoms with E-state index in [9.17, 15) is 9.59 Å². The lowest BCUT2D eigenvalue weighted by Gasteiger charge is -2.34. The van der Waals surface area contributed by atoms with E-state index in [0.717, 1.165) is 25.9 Å². The lowest BCUT2D eigenvalue weighted by atomic mass is 9.81. The number of piperidine rings is 1. The van der Waals surface area contributed by atoms with Crippen LogP contribution in [0.25, 0.3) is 0 Å². The molecule has 0 unspecified atom stereocenters.